The molecule has 8 nitrogen and oxygen atoms in total. The molecule has 2 heterocycles. The molecule has 5 rings (SSSR count). The number of nitrogens with zero attached hydrogens (tertiary/aromatic N) is 2. The molecule has 3 amide bonds. The molecule has 0 saturated carbocycles. The van der Waals surface area contributed by atoms with Crippen LogP contribution in [-0.2, 0) is 11.3 Å². The van der Waals surface area contributed by atoms with E-state index in [0.717, 1.165) is 17.5 Å². The van der Waals surface area contributed by atoms with E-state index in [-0.39, 0.29) is 35.9 Å². The average molecular weight is 583 g/mol. The SMILES string of the molecule is CCC(C(=O)N1CCCN(c2ccc(NC(=O)c3ccco3)cc2C(=O)NCc2ccc(F)cc2)CC1)c1ccccc1. The van der Waals surface area contributed by atoms with Gasteiger partial charge in [0.1, 0.15) is 5.82 Å². The number of furan rings is 1. The number of nitrogens with one attached hydrogen (secondary N) is 2. The van der Waals surface area contributed by atoms with Crippen molar-refractivity contribution in [3.05, 3.63) is 119 Å². The number of benzene rings is 3. The van der Waals surface area contributed by atoms with Gasteiger partial charge in [0, 0.05) is 44.1 Å². The molecule has 9 heteroatoms. The molecule has 0 spiro atoms. The van der Waals surface area contributed by atoms with Crippen molar-refractivity contribution in [2.45, 2.75) is 32.2 Å². The quantitative estimate of drug-likeness (QED) is 0.259. The van der Waals surface area contributed by atoms with Crippen molar-refractivity contribution >= 4 is 29.1 Å². The smallest absolute Gasteiger partial charge is 0.291 e. The highest BCUT2D eigenvalue weighted by atomic mass is 19.1. The number of hydrogen-bond donors (Lipinski definition) is 2. The van der Waals surface area contributed by atoms with Crippen molar-refractivity contribution in [2.24, 2.45) is 0 Å². The minimum absolute atomic E-state index is 0.115. The van der Waals surface area contributed by atoms with Gasteiger partial charge in [-0.05, 0) is 66.4 Å². The summed E-state index contributed by atoms with van der Waals surface area (Å²) >= 11 is 0. The lowest BCUT2D eigenvalue weighted by atomic mass is 9.95. The van der Waals surface area contributed by atoms with Crippen LogP contribution in [0, 0.1) is 5.82 Å². The number of amides is 3. The summed E-state index contributed by atoms with van der Waals surface area (Å²) in [5, 5.41) is 5.71. The van der Waals surface area contributed by atoms with Crippen molar-refractivity contribution in [3.8, 4) is 0 Å². The molecular formula is C34H35FN4O4. The number of hydrogen-bond acceptors (Lipinski definition) is 5. The van der Waals surface area contributed by atoms with Crippen LogP contribution in [0.4, 0.5) is 15.8 Å². The summed E-state index contributed by atoms with van der Waals surface area (Å²) in [5.41, 5.74) is 3.30. The Kier molecular flexibility index (Phi) is 9.51. The Morgan fingerprint density at radius 3 is 2.40 bits per heavy atom. The molecule has 43 heavy (non-hydrogen) atoms. The molecule has 1 aliphatic heterocycles. The summed E-state index contributed by atoms with van der Waals surface area (Å²) in [6.07, 6.45) is 2.87. The first-order chi connectivity index (χ1) is 20.9. The summed E-state index contributed by atoms with van der Waals surface area (Å²) in [6.45, 7) is 4.60. The summed E-state index contributed by atoms with van der Waals surface area (Å²) in [6, 6.07) is 24.2. The first kappa shape index (κ1) is 29.6. The predicted molar refractivity (Wildman–Crippen MR) is 164 cm³/mol. The lowest BCUT2D eigenvalue weighted by Gasteiger charge is -2.28. The van der Waals surface area contributed by atoms with Gasteiger partial charge >= 0.3 is 0 Å². The molecule has 1 saturated heterocycles. The Hall–Kier alpha value is -4.92. The maximum atomic E-state index is 13.6. The van der Waals surface area contributed by atoms with Crippen molar-refractivity contribution in [3.63, 3.8) is 0 Å². The van der Waals surface area contributed by atoms with Crippen LogP contribution in [-0.4, -0.2) is 48.8 Å². The highest BCUT2D eigenvalue weighted by Crippen LogP contribution is 2.28. The molecule has 0 radical (unpaired) electrons. The van der Waals surface area contributed by atoms with Gasteiger partial charge in [-0.1, -0.05) is 49.4 Å². The lowest BCUT2D eigenvalue weighted by Crippen LogP contribution is -2.38. The number of halogens is 1. The van der Waals surface area contributed by atoms with E-state index in [4.69, 9.17) is 4.42 Å². The molecule has 2 N–H and O–H groups in total. The Balaban J connectivity index is 1.35. The van der Waals surface area contributed by atoms with Gasteiger partial charge in [0.15, 0.2) is 5.76 Å². The molecule has 1 fully saturated rings. The highest BCUT2D eigenvalue weighted by Gasteiger charge is 2.27. The fraction of sp³-hybridized carbons (Fsp3) is 0.265. The summed E-state index contributed by atoms with van der Waals surface area (Å²) < 4.78 is 18.6. The summed E-state index contributed by atoms with van der Waals surface area (Å²) in [7, 11) is 0. The number of rotatable bonds is 9. The molecule has 0 aliphatic carbocycles. The zero-order valence-electron chi connectivity index (χ0n) is 24.1. The van der Waals surface area contributed by atoms with Crippen LogP contribution in [0.25, 0.3) is 0 Å². The third-order valence-electron chi connectivity index (χ3n) is 7.67. The molecule has 1 unspecified atom stereocenters. The van der Waals surface area contributed by atoms with E-state index in [1.807, 2.05) is 48.2 Å². The van der Waals surface area contributed by atoms with Crippen LogP contribution in [0.15, 0.2) is 95.6 Å². The largest absolute Gasteiger partial charge is 0.459 e. The predicted octanol–water partition coefficient (Wildman–Crippen LogP) is 5.83. The maximum Gasteiger partial charge on any atom is 0.291 e. The first-order valence-electron chi connectivity index (χ1n) is 14.5. The van der Waals surface area contributed by atoms with Crippen LogP contribution >= 0.6 is 0 Å². The maximum absolute atomic E-state index is 13.6. The van der Waals surface area contributed by atoms with E-state index in [9.17, 15) is 18.8 Å². The van der Waals surface area contributed by atoms with Crippen LogP contribution < -0.4 is 15.5 Å². The molecule has 1 atom stereocenters. The number of carbonyl (C=O) groups excluding carboxylic acids is 3. The monoisotopic (exact) mass is 582 g/mol. The number of carbonyl (C=O) groups is 3. The standard InChI is InChI=1S/C34H35FN4O4/c1-2-28(25-8-4-3-5-9-25)34(42)39-18-7-17-38(19-20-39)30-16-15-27(37-33(41)31-10-6-21-43-31)22-29(30)32(40)36-23-24-11-13-26(35)14-12-24/h3-6,8-16,21-22,28H,2,7,17-20,23H2,1H3,(H,36,40)(H,37,41). The second-order valence-corrected chi connectivity index (χ2v) is 10.5. The van der Waals surface area contributed by atoms with E-state index in [2.05, 4.69) is 15.5 Å². The van der Waals surface area contributed by atoms with Gasteiger partial charge in [0.05, 0.1) is 17.7 Å². The molecule has 222 valence electrons. The summed E-state index contributed by atoms with van der Waals surface area (Å²) in [4.78, 5) is 43.8. The zero-order valence-corrected chi connectivity index (χ0v) is 24.1. The van der Waals surface area contributed by atoms with Crippen molar-refractivity contribution < 1.29 is 23.2 Å². The van der Waals surface area contributed by atoms with E-state index in [1.54, 1.807) is 36.4 Å². The van der Waals surface area contributed by atoms with Crippen molar-refractivity contribution in [1.82, 2.24) is 10.2 Å². The van der Waals surface area contributed by atoms with Gasteiger partial charge in [-0.15, -0.1) is 0 Å². The third kappa shape index (κ3) is 7.30. The molecule has 1 aliphatic rings. The third-order valence-corrected chi connectivity index (χ3v) is 7.67. The molecule has 3 aromatic carbocycles. The first-order valence-corrected chi connectivity index (χ1v) is 14.5. The minimum Gasteiger partial charge on any atom is -0.459 e. The van der Waals surface area contributed by atoms with Crippen molar-refractivity contribution in [2.75, 3.05) is 36.4 Å². The zero-order chi connectivity index (χ0) is 30.2. The molecule has 4 aromatic rings. The van der Waals surface area contributed by atoms with E-state index >= 15 is 0 Å². The highest BCUT2D eigenvalue weighted by molar-refractivity contribution is 6.05. The summed E-state index contributed by atoms with van der Waals surface area (Å²) in [5.74, 6) is -1.03. The molecule has 1 aromatic heterocycles. The Labute approximate surface area is 250 Å². The number of anilines is 2. The molecular weight excluding hydrogens is 547 g/mol. The Bertz CT molecular complexity index is 1540. The van der Waals surface area contributed by atoms with Gasteiger partial charge in [-0.25, -0.2) is 4.39 Å². The topological polar surface area (TPSA) is 94.9 Å². The second kappa shape index (κ2) is 13.8. The van der Waals surface area contributed by atoms with Gasteiger partial charge in [-0.3, -0.25) is 14.4 Å². The minimum atomic E-state index is -0.428. The van der Waals surface area contributed by atoms with Gasteiger partial charge in [0.2, 0.25) is 5.91 Å². The van der Waals surface area contributed by atoms with Gasteiger partial charge in [0.25, 0.3) is 11.8 Å². The second-order valence-electron chi connectivity index (χ2n) is 10.5. The Morgan fingerprint density at radius 1 is 0.884 bits per heavy atom. The van der Waals surface area contributed by atoms with Crippen LogP contribution in [0.2, 0.25) is 0 Å². The van der Waals surface area contributed by atoms with Crippen LogP contribution in [0.3, 0.4) is 0 Å². The normalized spacial score (nSPS) is 14.1. The fourth-order valence-corrected chi connectivity index (χ4v) is 5.39. The van der Waals surface area contributed by atoms with E-state index < -0.39 is 5.91 Å². The van der Waals surface area contributed by atoms with E-state index in [1.165, 1.54) is 18.4 Å². The lowest BCUT2D eigenvalue weighted by molar-refractivity contribution is -0.132. The van der Waals surface area contributed by atoms with Crippen LogP contribution in [0.1, 0.15) is 57.7 Å². The van der Waals surface area contributed by atoms with E-state index in [0.29, 0.717) is 49.5 Å². The van der Waals surface area contributed by atoms with Gasteiger partial charge in [-0.2, -0.15) is 0 Å². The molecule has 0 bridgehead atoms. The van der Waals surface area contributed by atoms with Gasteiger partial charge < -0.3 is 24.9 Å². The van der Waals surface area contributed by atoms with Crippen LogP contribution in [0.5, 0.6) is 0 Å². The average Bonchev–Trinajstić information content (AvgIpc) is 3.47. The van der Waals surface area contributed by atoms with Crippen molar-refractivity contribution in [1.29, 1.82) is 0 Å². The Morgan fingerprint density at radius 2 is 1.67 bits per heavy atom. The fourth-order valence-electron chi connectivity index (χ4n) is 5.39.